The van der Waals surface area contributed by atoms with Gasteiger partial charge in [-0.15, -0.1) is 0 Å². The van der Waals surface area contributed by atoms with Crippen LogP contribution < -0.4 is 16.1 Å². The standard InChI is InChI=1S/C25H22N4O3/c1-14(15-7-9-17(30)10-8-15)28-25(32)18-11-21-22-19(12-26-27-13-20(22)24(18)31)23(29-21)16-5-3-2-4-6-16/h2-12,14,21,27,29-30H,13H2,1H3,(H,28,32). The topological polar surface area (TPSA) is 103 Å². The zero-order valence-electron chi connectivity index (χ0n) is 17.4. The lowest BCUT2D eigenvalue weighted by Gasteiger charge is -2.23. The van der Waals surface area contributed by atoms with E-state index in [1.807, 2.05) is 37.3 Å². The van der Waals surface area contributed by atoms with Crippen molar-refractivity contribution < 1.29 is 14.7 Å². The molecule has 3 aliphatic rings. The van der Waals surface area contributed by atoms with Crippen LogP contribution in [0.15, 0.2) is 88.1 Å². The molecule has 32 heavy (non-hydrogen) atoms. The molecule has 160 valence electrons. The summed E-state index contributed by atoms with van der Waals surface area (Å²) in [4.78, 5) is 26.4. The van der Waals surface area contributed by atoms with E-state index >= 15 is 0 Å². The van der Waals surface area contributed by atoms with Crippen LogP contribution in [-0.2, 0) is 9.59 Å². The molecule has 0 saturated carbocycles. The molecule has 2 unspecified atom stereocenters. The van der Waals surface area contributed by atoms with Crippen molar-refractivity contribution in [2.24, 2.45) is 5.10 Å². The highest BCUT2D eigenvalue weighted by Gasteiger charge is 2.39. The molecule has 0 radical (unpaired) electrons. The number of nitrogens with zero attached hydrogens (tertiary/aromatic N) is 1. The van der Waals surface area contributed by atoms with Gasteiger partial charge in [0.1, 0.15) is 5.75 Å². The van der Waals surface area contributed by atoms with Crippen LogP contribution in [-0.4, -0.2) is 35.6 Å². The molecule has 5 rings (SSSR count). The van der Waals surface area contributed by atoms with Crippen LogP contribution in [0, 0.1) is 0 Å². The number of Topliss-reactive ketones (excluding diaryl/α,β-unsaturated/α-hetero) is 1. The maximum absolute atomic E-state index is 13.3. The molecular weight excluding hydrogens is 404 g/mol. The van der Waals surface area contributed by atoms with Crippen LogP contribution in [0.1, 0.15) is 24.1 Å². The maximum Gasteiger partial charge on any atom is 0.255 e. The van der Waals surface area contributed by atoms with Crippen LogP contribution >= 0.6 is 0 Å². The van der Waals surface area contributed by atoms with Crippen LogP contribution in [0.4, 0.5) is 0 Å². The number of phenolic OH excluding ortho intramolecular Hbond substituents is 1. The van der Waals surface area contributed by atoms with Gasteiger partial charge in [0.15, 0.2) is 5.78 Å². The molecule has 0 spiro atoms. The molecule has 0 fully saturated rings. The van der Waals surface area contributed by atoms with Crippen molar-refractivity contribution >= 4 is 23.6 Å². The predicted octanol–water partition coefficient (Wildman–Crippen LogP) is 2.35. The summed E-state index contributed by atoms with van der Waals surface area (Å²) in [5, 5.41) is 20.1. The lowest BCUT2D eigenvalue weighted by Crippen LogP contribution is -2.37. The molecule has 4 N–H and O–H groups in total. The van der Waals surface area contributed by atoms with E-state index in [9.17, 15) is 14.7 Å². The summed E-state index contributed by atoms with van der Waals surface area (Å²) < 4.78 is 0. The molecule has 0 bridgehead atoms. The lowest BCUT2D eigenvalue weighted by atomic mass is 9.84. The Labute approximate surface area is 185 Å². The third-order valence-electron chi connectivity index (χ3n) is 5.94. The van der Waals surface area contributed by atoms with Gasteiger partial charge < -0.3 is 21.2 Å². The second-order valence-electron chi connectivity index (χ2n) is 7.96. The fraction of sp³-hybridized carbons (Fsp3) is 0.160. The molecule has 1 amide bonds. The first-order valence-corrected chi connectivity index (χ1v) is 10.4. The number of benzene rings is 2. The first-order valence-electron chi connectivity index (χ1n) is 10.4. The Bertz CT molecular complexity index is 1220. The van der Waals surface area contributed by atoms with Crippen molar-refractivity contribution in [1.29, 1.82) is 0 Å². The fourth-order valence-corrected chi connectivity index (χ4v) is 4.30. The van der Waals surface area contributed by atoms with E-state index in [0.717, 1.165) is 28.0 Å². The number of ketones is 1. The number of hydrogen-bond acceptors (Lipinski definition) is 6. The highest BCUT2D eigenvalue weighted by atomic mass is 16.3. The van der Waals surface area contributed by atoms with Gasteiger partial charge in [-0.05, 0) is 41.8 Å². The summed E-state index contributed by atoms with van der Waals surface area (Å²) >= 11 is 0. The van der Waals surface area contributed by atoms with Crippen molar-refractivity contribution in [2.75, 3.05) is 6.54 Å². The number of hydrazone groups is 1. The molecule has 2 heterocycles. The summed E-state index contributed by atoms with van der Waals surface area (Å²) in [5.41, 5.74) is 8.01. The molecule has 7 heteroatoms. The maximum atomic E-state index is 13.3. The Morgan fingerprint density at radius 2 is 1.91 bits per heavy atom. The molecule has 0 aromatic heterocycles. The summed E-state index contributed by atoms with van der Waals surface area (Å²) in [6, 6.07) is 15.9. The number of hydrogen-bond donors (Lipinski definition) is 4. The molecule has 0 saturated heterocycles. The predicted molar refractivity (Wildman–Crippen MR) is 122 cm³/mol. The fourth-order valence-electron chi connectivity index (χ4n) is 4.30. The van der Waals surface area contributed by atoms with E-state index in [-0.39, 0.29) is 35.7 Å². The molecule has 7 nitrogen and oxygen atoms in total. The van der Waals surface area contributed by atoms with Gasteiger partial charge in [0.05, 0.1) is 36.1 Å². The first-order chi connectivity index (χ1) is 15.5. The van der Waals surface area contributed by atoms with Crippen molar-refractivity contribution in [3.05, 3.63) is 94.1 Å². The number of nitrogens with one attached hydrogen (secondary N) is 3. The summed E-state index contributed by atoms with van der Waals surface area (Å²) in [6.07, 6.45) is 3.44. The van der Waals surface area contributed by atoms with Crippen molar-refractivity contribution in [2.45, 2.75) is 19.0 Å². The molecule has 2 aromatic rings. The SMILES string of the molecule is CC(NC(=O)C1=CC2NC(c3ccccc3)=C3C=NNCC(=C32)C1=O)c1ccc(O)cc1. The van der Waals surface area contributed by atoms with Crippen LogP contribution in [0.3, 0.4) is 0 Å². The second-order valence-corrected chi connectivity index (χ2v) is 7.96. The normalized spacial score (nSPS) is 20.1. The average Bonchev–Trinajstić information content (AvgIpc) is 3.01. The minimum absolute atomic E-state index is 0.115. The van der Waals surface area contributed by atoms with E-state index in [4.69, 9.17) is 0 Å². The summed E-state index contributed by atoms with van der Waals surface area (Å²) in [5.74, 6) is -0.563. The van der Waals surface area contributed by atoms with Gasteiger partial charge in [0.25, 0.3) is 5.91 Å². The van der Waals surface area contributed by atoms with Gasteiger partial charge in [-0.2, -0.15) is 5.10 Å². The van der Waals surface area contributed by atoms with Crippen LogP contribution in [0.5, 0.6) is 5.75 Å². The third-order valence-corrected chi connectivity index (χ3v) is 5.94. The Morgan fingerprint density at radius 3 is 2.66 bits per heavy atom. The van der Waals surface area contributed by atoms with Gasteiger partial charge in [-0.1, -0.05) is 42.5 Å². The minimum Gasteiger partial charge on any atom is -0.508 e. The molecule has 1 aliphatic carbocycles. The van der Waals surface area contributed by atoms with Crippen LogP contribution in [0.25, 0.3) is 5.70 Å². The molecular formula is C25H22N4O3. The van der Waals surface area contributed by atoms with E-state index in [0.29, 0.717) is 5.57 Å². The van der Waals surface area contributed by atoms with Crippen molar-refractivity contribution in [3.8, 4) is 5.75 Å². The molecule has 2 atom stereocenters. The summed E-state index contributed by atoms with van der Waals surface area (Å²) in [7, 11) is 0. The Kier molecular flexibility index (Phi) is 4.86. The van der Waals surface area contributed by atoms with Gasteiger partial charge in [-0.3, -0.25) is 9.59 Å². The Morgan fingerprint density at radius 1 is 1.16 bits per heavy atom. The quantitative estimate of drug-likeness (QED) is 0.562. The first kappa shape index (κ1) is 19.8. The third kappa shape index (κ3) is 3.37. The second kappa shape index (κ2) is 7.85. The van der Waals surface area contributed by atoms with Crippen LogP contribution in [0.2, 0.25) is 0 Å². The Balaban J connectivity index is 1.45. The monoisotopic (exact) mass is 426 g/mol. The lowest BCUT2D eigenvalue weighted by molar-refractivity contribution is -0.121. The van der Waals surface area contributed by atoms with Crippen molar-refractivity contribution in [1.82, 2.24) is 16.1 Å². The van der Waals surface area contributed by atoms with E-state index < -0.39 is 5.91 Å². The molecule has 2 aliphatic heterocycles. The number of carbonyl (C=O) groups is 2. The number of phenols is 1. The molecule has 2 aromatic carbocycles. The highest BCUT2D eigenvalue weighted by Crippen LogP contribution is 2.37. The zero-order chi connectivity index (χ0) is 22.2. The van der Waals surface area contributed by atoms with Gasteiger partial charge >= 0.3 is 0 Å². The van der Waals surface area contributed by atoms with Crippen molar-refractivity contribution in [3.63, 3.8) is 0 Å². The van der Waals surface area contributed by atoms with E-state index in [1.165, 1.54) is 0 Å². The van der Waals surface area contributed by atoms with Gasteiger partial charge in [0, 0.05) is 11.1 Å². The number of aromatic hydroxyl groups is 1. The van der Waals surface area contributed by atoms with E-state index in [1.54, 1.807) is 36.6 Å². The Hall–Kier alpha value is -4.13. The average molecular weight is 426 g/mol. The summed E-state index contributed by atoms with van der Waals surface area (Å²) in [6.45, 7) is 2.09. The van der Waals surface area contributed by atoms with Gasteiger partial charge in [0.2, 0.25) is 0 Å². The number of amides is 1. The number of carbonyl (C=O) groups excluding carboxylic acids is 2. The van der Waals surface area contributed by atoms with Gasteiger partial charge in [-0.25, -0.2) is 0 Å². The highest BCUT2D eigenvalue weighted by molar-refractivity contribution is 6.28. The smallest absolute Gasteiger partial charge is 0.255 e. The van der Waals surface area contributed by atoms with E-state index in [2.05, 4.69) is 21.2 Å². The minimum atomic E-state index is -0.427. The number of rotatable bonds is 4. The zero-order valence-corrected chi connectivity index (χ0v) is 17.4. The largest absolute Gasteiger partial charge is 0.508 e.